The molecule has 1 unspecified atom stereocenters. The Bertz CT molecular complexity index is 893. The minimum atomic E-state index is -0.338. The molecule has 2 aromatic rings. The van der Waals surface area contributed by atoms with Gasteiger partial charge in [-0.15, -0.1) is 0 Å². The number of carbonyl (C=O) groups is 2. The molecule has 0 bridgehead atoms. The van der Waals surface area contributed by atoms with Gasteiger partial charge in [0.2, 0.25) is 0 Å². The van der Waals surface area contributed by atoms with Crippen LogP contribution in [0.25, 0.3) is 0 Å². The average Bonchev–Trinajstić information content (AvgIpc) is 2.63. The lowest BCUT2D eigenvalue weighted by Crippen LogP contribution is -2.55. The van der Waals surface area contributed by atoms with E-state index in [4.69, 9.17) is 4.74 Å². The van der Waals surface area contributed by atoms with E-state index in [2.05, 4.69) is 5.43 Å². The van der Waals surface area contributed by atoms with Gasteiger partial charge in [0.15, 0.2) is 0 Å². The van der Waals surface area contributed by atoms with Gasteiger partial charge in [-0.25, -0.2) is 5.01 Å². The van der Waals surface area contributed by atoms with E-state index in [1.165, 1.54) is 5.01 Å². The highest BCUT2D eigenvalue weighted by Gasteiger charge is 2.32. The Morgan fingerprint density at radius 2 is 1.62 bits per heavy atom. The minimum Gasteiger partial charge on any atom is -0.496 e. The molecule has 5 heteroatoms. The smallest absolute Gasteiger partial charge is 0.272 e. The highest BCUT2D eigenvalue weighted by atomic mass is 16.5. The summed E-state index contributed by atoms with van der Waals surface area (Å²) >= 11 is 0. The van der Waals surface area contributed by atoms with Crippen molar-refractivity contribution in [1.29, 1.82) is 0 Å². The second kappa shape index (κ2) is 8.68. The molecule has 0 spiro atoms. The standard InChI is InChI=1S/C24H32N2O3/c1-15-12-16(2)14-19(13-15)23(28)26(18(4)24(5,6)7)25-22(27)20-10-9-11-21(29-8)17(20)3/h9-14,18H,1-8H3,(H,25,27). The zero-order chi connectivity index (χ0) is 21.9. The van der Waals surface area contributed by atoms with Gasteiger partial charge < -0.3 is 4.74 Å². The quantitative estimate of drug-likeness (QED) is 0.752. The zero-order valence-corrected chi connectivity index (χ0v) is 18.7. The van der Waals surface area contributed by atoms with Crippen LogP contribution in [0, 0.1) is 26.2 Å². The predicted octanol–water partition coefficient (Wildman–Crippen LogP) is 4.84. The first kappa shape index (κ1) is 22.5. The largest absolute Gasteiger partial charge is 0.496 e. The normalized spacial score (nSPS) is 12.3. The summed E-state index contributed by atoms with van der Waals surface area (Å²) in [6, 6.07) is 10.8. The van der Waals surface area contributed by atoms with Crippen molar-refractivity contribution in [2.75, 3.05) is 7.11 Å². The van der Waals surface area contributed by atoms with E-state index >= 15 is 0 Å². The third-order valence-electron chi connectivity index (χ3n) is 5.30. The summed E-state index contributed by atoms with van der Waals surface area (Å²) < 4.78 is 5.33. The molecular formula is C24H32N2O3. The van der Waals surface area contributed by atoms with Crippen LogP contribution >= 0.6 is 0 Å². The number of hydrogen-bond donors (Lipinski definition) is 1. The van der Waals surface area contributed by atoms with Crippen LogP contribution in [0.5, 0.6) is 5.75 Å². The number of nitrogens with one attached hydrogen (secondary N) is 1. The van der Waals surface area contributed by atoms with E-state index < -0.39 is 0 Å². The topological polar surface area (TPSA) is 58.6 Å². The molecule has 0 aliphatic heterocycles. The SMILES string of the molecule is COc1cccc(C(=O)NN(C(=O)c2cc(C)cc(C)c2)C(C)C(C)(C)C)c1C. The van der Waals surface area contributed by atoms with Crippen molar-refractivity contribution in [3.05, 3.63) is 64.2 Å². The first-order valence-electron chi connectivity index (χ1n) is 9.82. The van der Waals surface area contributed by atoms with Gasteiger partial charge in [-0.3, -0.25) is 15.0 Å². The summed E-state index contributed by atoms with van der Waals surface area (Å²) in [4.78, 5) is 26.5. The molecule has 2 rings (SSSR count). The summed E-state index contributed by atoms with van der Waals surface area (Å²) in [6.45, 7) is 13.8. The number of hydrazine groups is 1. The highest BCUT2D eigenvalue weighted by Crippen LogP contribution is 2.26. The van der Waals surface area contributed by atoms with Crippen LogP contribution in [0.4, 0.5) is 0 Å². The van der Waals surface area contributed by atoms with Crippen LogP contribution in [0.2, 0.25) is 0 Å². The summed E-state index contributed by atoms with van der Waals surface area (Å²) in [5.74, 6) is 0.0667. The van der Waals surface area contributed by atoms with Gasteiger partial charge in [0.1, 0.15) is 5.75 Å². The maximum atomic E-state index is 13.4. The fourth-order valence-electron chi connectivity index (χ4n) is 3.20. The van der Waals surface area contributed by atoms with E-state index in [1.54, 1.807) is 19.2 Å². The van der Waals surface area contributed by atoms with Crippen molar-refractivity contribution in [2.45, 2.75) is 54.5 Å². The molecule has 1 N–H and O–H groups in total. The first-order chi connectivity index (χ1) is 13.5. The molecule has 0 saturated carbocycles. The maximum Gasteiger partial charge on any atom is 0.272 e. The number of carbonyl (C=O) groups excluding carboxylic acids is 2. The summed E-state index contributed by atoms with van der Waals surface area (Å²) in [5, 5.41) is 1.45. The Kier molecular flexibility index (Phi) is 6.73. The van der Waals surface area contributed by atoms with Crippen LogP contribution in [0.1, 0.15) is 65.1 Å². The molecule has 0 radical (unpaired) electrons. The van der Waals surface area contributed by atoms with Crippen molar-refractivity contribution in [3.8, 4) is 5.75 Å². The summed E-state index contributed by atoms with van der Waals surface area (Å²) in [5.41, 5.74) is 6.40. The van der Waals surface area contributed by atoms with Gasteiger partial charge in [-0.2, -0.15) is 0 Å². The molecule has 0 aliphatic rings. The molecule has 156 valence electrons. The Hall–Kier alpha value is -2.82. The van der Waals surface area contributed by atoms with Crippen LogP contribution in [-0.4, -0.2) is 30.0 Å². The number of nitrogens with zero attached hydrogens (tertiary/aromatic N) is 1. The van der Waals surface area contributed by atoms with Crippen LogP contribution < -0.4 is 10.2 Å². The van der Waals surface area contributed by atoms with Crippen molar-refractivity contribution in [1.82, 2.24) is 10.4 Å². The number of methoxy groups -OCH3 is 1. The number of benzene rings is 2. The monoisotopic (exact) mass is 396 g/mol. The number of amides is 2. The lowest BCUT2D eigenvalue weighted by Gasteiger charge is -2.37. The van der Waals surface area contributed by atoms with Gasteiger partial charge in [0, 0.05) is 16.7 Å². The van der Waals surface area contributed by atoms with E-state index in [0.717, 1.165) is 16.7 Å². The Morgan fingerprint density at radius 3 is 2.14 bits per heavy atom. The van der Waals surface area contributed by atoms with E-state index in [0.29, 0.717) is 16.9 Å². The zero-order valence-electron chi connectivity index (χ0n) is 18.7. The number of ether oxygens (including phenoxy) is 1. The molecule has 0 saturated heterocycles. The lowest BCUT2D eigenvalue weighted by atomic mass is 9.87. The first-order valence-corrected chi connectivity index (χ1v) is 9.82. The molecular weight excluding hydrogens is 364 g/mol. The van der Waals surface area contributed by atoms with Crippen molar-refractivity contribution < 1.29 is 14.3 Å². The van der Waals surface area contributed by atoms with Gasteiger partial charge >= 0.3 is 0 Å². The Morgan fingerprint density at radius 1 is 1.03 bits per heavy atom. The number of hydrogen-bond acceptors (Lipinski definition) is 3. The second-order valence-electron chi connectivity index (χ2n) is 8.67. The predicted molar refractivity (Wildman–Crippen MR) is 116 cm³/mol. The fraction of sp³-hybridized carbons (Fsp3) is 0.417. The third kappa shape index (κ3) is 5.17. The van der Waals surface area contributed by atoms with Crippen molar-refractivity contribution in [2.24, 2.45) is 5.41 Å². The van der Waals surface area contributed by atoms with Crippen molar-refractivity contribution >= 4 is 11.8 Å². The minimum absolute atomic E-state index is 0.229. The lowest BCUT2D eigenvalue weighted by molar-refractivity contribution is 0.0336. The molecule has 0 aliphatic carbocycles. The molecule has 5 nitrogen and oxygen atoms in total. The van der Waals surface area contributed by atoms with Gasteiger partial charge in [0.25, 0.3) is 11.8 Å². The molecule has 0 fully saturated rings. The molecule has 2 amide bonds. The molecule has 29 heavy (non-hydrogen) atoms. The Balaban J connectivity index is 2.44. The van der Waals surface area contributed by atoms with Crippen LogP contribution in [-0.2, 0) is 0 Å². The van der Waals surface area contributed by atoms with E-state index in [1.807, 2.05) is 72.7 Å². The van der Waals surface area contributed by atoms with E-state index in [9.17, 15) is 9.59 Å². The molecule has 0 aromatic heterocycles. The molecule has 1 atom stereocenters. The number of aryl methyl sites for hydroxylation is 2. The van der Waals surface area contributed by atoms with Crippen LogP contribution in [0.15, 0.2) is 36.4 Å². The third-order valence-corrected chi connectivity index (χ3v) is 5.30. The molecule has 2 aromatic carbocycles. The van der Waals surface area contributed by atoms with Crippen molar-refractivity contribution in [3.63, 3.8) is 0 Å². The second-order valence-corrected chi connectivity index (χ2v) is 8.67. The van der Waals surface area contributed by atoms with Gasteiger partial charge in [0.05, 0.1) is 13.2 Å². The van der Waals surface area contributed by atoms with Crippen LogP contribution in [0.3, 0.4) is 0 Å². The highest BCUT2D eigenvalue weighted by molar-refractivity contribution is 6.00. The summed E-state index contributed by atoms with van der Waals surface area (Å²) in [7, 11) is 1.57. The summed E-state index contributed by atoms with van der Waals surface area (Å²) in [6.07, 6.45) is 0. The number of rotatable bonds is 4. The average molecular weight is 397 g/mol. The van der Waals surface area contributed by atoms with Gasteiger partial charge in [-0.05, 0) is 57.4 Å². The Labute approximate surface area is 174 Å². The van der Waals surface area contributed by atoms with E-state index in [-0.39, 0.29) is 23.3 Å². The maximum absolute atomic E-state index is 13.4. The fourth-order valence-corrected chi connectivity index (χ4v) is 3.20. The molecule has 0 heterocycles. The van der Waals surface area contributed by atoms with Gasteiger partial charge in [-0.1, -0.05) is 44.0 Å².